The van der Waals surface area contributed by atoms with E-state index < -0.39 is 0 Å². The van der Waals surface area contributed by atoms with Crippen LogP contribution in [-0.4, -0.2) is 12.5 Å². The Morgan fingerprint density at radius 1 is 1.29 bits per heavy atom. The summed E-state index contributed by atoms with van der Waals surface area (Å²) in [5, 5.41) is 3.17. The van der Waals surface area contributed by atoms with Gasteiger partial charge in [0.15, 0.2) is 6.61 Å². The maximum atomic E-state index is 11.8. The smallest absolute Gasteiger partial charge is 0.262 e. The molecule has 0 bridgehead atoms. The van der Waals surface area contributed by atoms with Crippen molar-refractivity contribution >= 4 is 28.9 Å². The molecule has 1 amide bonds. The van der Waals surface area contributed by atoms with Gasteiger partial charge in [-0.2, -0.15) is 0 Å². The lowest BCUT2D eigenvalue weighted by atomic mass is 10.1. The van der Waals surface area contributed by atoms with E-state index in [1.807, 2.05) is 19.1 Å². The zero-order valence-electron chi connectivity index (χ0n) is 11.7. The minimum absolute atomic E-state index is 0.124. The molecule has 110 valence electrons. The van der Waals surface area contributed by atoms with Crippen LogP contribution >= 0.6 is 11.6 Å². The van der Waals surface area contributed by atoms with Crippen molar-refractivity contribution in [2.75, 3.05) is 17.7 Å². The van der Waals surface area contributed by atoms with Gasteiger partial charge in [0.2, 0.25) is 0 Å². The molecule has 0 aliphatic carbocycles. The first-order valence-corrected chi connectivity index (χ1v) is 7.03. The second-order valence-corrected chi connectivity index (χ2v) is 4.95. The number of nitrogen functional groups attached to an aromatic ring is 1. The molecule has 0 spiro atoms. The van der Waals surface area contributed by atoms with Crippen LogP contribution in [0.1, 0.15) is 12.5 Å². The largest absolute Gasteiger partial charge is 0.482 e. The lowest BCUT2D eigenvalue weighted by molar-refractivity contribution is -0.118. The van der Waals surface area contributed by atoms with Crippen LogP contribution < -0.4 is 15.8 Å². The highest BCUT2D eigenvalue weighted by atomic mass is 35.5. The number of nitrogens with two attached hydrogens (primary N) is 1. The van der Waals surface area contributed by atoms with Crippen molar-refractivity contribution in [1.82, 2.24) is 0 Å². The van der Waals surface area contributed by atoms with Crippen LogP contribution in [0.25, 0.3) is 0 Å². The number of carbonyl (C=O) groups is 1. The van der Waals surface area contributed by atoms with Crippen LogP contribution in [0.4, 0.5) is 11.4 Å². The van der Waals surface area contributed by atoms with Crippen molar-refractivity contribution in [3.8, 4) is 5.75 Å². The Kier molecular flexibility index (Phi) is 5.06. The van der Waals surface area contributed by atoms with Gasteiger partial charge in [-0.25, -0.2) is 0 Å². The number of nitrogens with one attached hydrogen (secondary N) is 1. The Morgan fingerprint density at radius 3 is 2.71 bits per heavy atom. The van der Waals surface area contributed by atoms with Gasteiger partial charge in [-0.15, -0.1) is 0 Å². The molecule has 0 heterocycles. The molecule has 0 saturated carbocycles. The molecule has 0 aliphatic heterocycles. The summed E-state index contributed by atoms with van der Waals surface area (Å²) in [7, 11) is 0. The molecule has 0 fully saturated rings. The first kappa shape index (κ1) is 15.2. The summed E-state index contributed by atoms with van der Waals surface area (Å²) in [6.07, 6.45) is 0.900. The molecular formula is C16H17ClN2O2. The van der Waals surface area contributed by atoms with Crippen molar-refractivity contribution in [1.29, 1.82) is 0 Å². The van der Waals surface area contributed by atoms with Gasteiger partial charge in [-0.05, 0) is 36.2 Å². The lowest BCUT2D eigenvalue weighted by Gasteiger charge is -2.11. The zero-order chi connectivity index (χ0) is 15.2. The summed E-state index contributed by atoms with van der Waals surface area (Å²) >= 11 is 5.97. The fraction of sp³-hybridized carbons (Fsp3) is 0.188. The van der Waals surface area contributed by atoms with Gasteiger partial charge in [0.05, 0.1) is 16.4 Å². The van der Waals surface area contributed by atoms with Gasteiger partial charge < -0.3 is 15.8 Å². The number of halogens is 1. The number of anilines is 2. The average molecular weight is 305 g/mol. The first-order chi connectivity index (χ1) is 10.1. The Bertz CT molecular complexity index is 644. The third-order valence-electron chi connectivity index (χ3n) is 2.99. The average Bonchev–Trinajstić information content (AvgIpc) is 2.48. The molecule has 0 unspecified atom stereocenters. The Labute approximate surface area is 128 Å². The Hall–Kier alpha value is -2.20. The SMILES string of the molecule is CCc1ccc(OCC(=O)Nc2ccccc2Cl)c(N)c1. The minimum Gasteiger partial charge on any atom is -0.482 e. The summed E-state index contributed by atoms with van der Waals surface area (Å²) in [5.74, 6) is 0.212. The van der Waals surface area contributed by atoms with Crippen LogP contribution in [0.5, 0.6) is 5.75 Å². The fourth-order valence-electron chi connectivity index (χ4n) is 1.84. The number of hydrogen-bond donors (Lipinski definition) is 2. The molecule has 0 saturated heterocycles. The topological polar surface area (TPSA) is 64.3 Å². The molecule has 0 aromatic heterocycles. The predicted octanol–water partition coefficient (Wildman–Crippen LogP) is 3.50. The van der Waals surface area contributed by atoms with E-state index in [-0.39, 0.29) is 12.5 Å². The molecule has 0 radical (unpaired) electrons. The van der Waals surface area contributed by atoms with Gasteiger partial charge in [-0.3, -0.25) is 4.79 Å². The van der Waals surface area contributed by atoms with Crippen molar-refractivity contribution in [3.05, 3.63) is 53.1 Å². The molecule has 2 aromatic rings. The number of para-hydroxylation sites is 1. The molecule has 5 heteroatoms. The van der Waals surface area contributed by atoms with E-state index in [9.17, 15) is 4.79 Å². The Morgan fingerprint density at radius 2 is 2.05 bits per heavy atom. The Balaban J connectivity index is 1.94. The third-order valence-corrected chi connectivity index (χ3v) is 3.32. The van der Waals surface area contributed by atoms with E-state index in [0.29, 0.717) is 22.1 Å². The maximum Gasteiger partial charge on any atom is 0.262 e. The van der Waals surface area contributed by atoms with Gasteiger partial charge in [0, 0.05) is 0 Å². The summed E-state index contributed by atoms with van der Waals surface area (Å²) in [5.41, 5.74) is 8.09. The number of hydrogen-bond acceptors (Lipinski definition) is 3. The molecule has 0 atom stereocenters. The van der Waals surface area contributed by atoms with Gasteiger partial charge in [0.1, 0.15) is 5.75 Å². The first-order valence-electron chi connectivity index (χ1n) is 6.65. The van der Waals surface area contributed by atoms with E-state index >= 15 is 0 Å². The number of aryl methyl sites for hydroxylation is 1. The van der Waals surface area contributed by atoms with Crippen molar-refractivity contribution in [2.24, 2.45) is 0 Å². The summed E-state index contributed by atoms with van der Waals surface area (Å²) in [6, 6.07) is 12.6. The number of benzene rings is 2. The molecule has 3 N–H and O–H groups in total. The molecule has 0 aliphatic rings. The van der Waals surface area contributed by atoms with Crippen LogP contribution in [0.3, 0.4) is 0 Å². The number of amides is 1. The quantitative estimate of drug-likeness (QED) is 0.831. The number of rotatable bonds is 5. The van der Waals surface area contributed by atoms with E-state index in [4.69, 9.17) is 22.1 Å². The van der Waals surface area contributed by atoms with Gasteiger partial charge in [-0.1, -0.05) is 36.7 Å². The normalized spacial score (nSPS) is 10.2. The molecular weight excluding hydrogens is 288 g/mol. The van der Waals surface area contributed by atoms with Gasteiger partial charge in [0.25, 0.3) is 5.91 Å². The predicted molar refractivity (Wildman–Crippen MR) is 85.8 cm³/mol. The standard InChI is InChI=1S/C16H17ClN2O2/c1-2-11-7-8-15(13(18)9-11)21-10-16(20)19-14-6-4-3-5-12(14)17/h3-9H,2,10,18H2,1H3,(H,19,20). The monoisotopic (exact) mass is 304 g/mol. The molecule has 21 heavy (non-hydrogen) atoms. The second-order valence-electron chi connectivity index (χ2n) is 4.54. The number of ether oxygens (including phenoxy) is 1. The minimum atomic E-state index is -0.290. The third kappa shape index (κ3) is 4.13. The number of carbonyl (C=O) groups excluding carboxylic acids is 1. The second kappa shape index (κ2) is 6.99. The van der Waals surface area contributed by atoms with Gasteiger partial charge >= 0.3 is 0 Å². The molecule has 2 rings (SSSR count). The van der Waals surface area contributed by atoms with Crippen LogP contribution in [0, 0.1) is 0 Å². The molecule has 4 nitrogen and oxygen atoms in total. The fourth-order valence-corrected chi connectivity index (χ4v) is 2.02. The van der Waals surface area contributed by atoms with E-state index in [0.717, 1.165) is 12.0 Å². The highest BCUT2D eigenvalue weighted by Gasteiger charge is 2.08. The summed E-state index contributed by atoms with van der Waals surface area (Å²) in [6.45, 7) is 1.92. The lowest BCUT2D eigenvalue weighted by Crippen LogP contribution is -2.20. The van der Waals surface area contributed by atoms with Crippen LogP contribution in [0.2, 0.25) is 5.02 Å². The van der Waals surface area contributed by atoms with Crippen molar-refractivity contribution < 1.29 is 9.53 Å². The zero-order valence-corrected chi connectivity index (χ0v) is 12.5. The summed E-state index contributed by atoms with van der Waals surface area (Å²) in [4.78, 5) is 11.8. The highest BCUT2D eigenvalue weighted by Crippen LogP contribution is 2.23. The van der Waals surface area contributed by atoms with Crippen molar-refractivity contribution in [2.45, 2.75) is 13.3 Å². The van der Waals surface area contributed by atoms with Crippen molar-refractivity contribution in [3.63, 3.8) is 0 Å². The van der Waals surface area contributed by atoms with E-state index in [1.54, 1.807) is 30.3 Å². The van der Waals surface area contributed by atoms with Crippen LogP contribution in [0.15, 0.2) is 42.5 Å². The molecule has 2 aromatic carbocycles. The highest BCUT2D eigenvalue weighted by molar-refractivity contribution is 6.33. The van der Waals surface area contributed by atoms with E-state index in [1.165, 1.54) is 0 Å². The van der Waals surface area contributed by atoms with E-state index in [2.05, 4.69) is 5.32 Å². The summed E-state index contributed by atoms with van der Waals surface area (Å²) < 4.78 is 5.43. The van der Waals surface area contributed by atoms with Crippen LogP contribution in [-0.2, 0) is 11.2 Å². The maximum absolute atomic E-state index is 11.8.